The predicted molar refractivity (Wildman–Crippen MR) is 168 cm³/mol. The Balaban J connectivity index is 1.53. The maximum absolute atomic E-state index is 13.9. The summed E-state index contributed by atoms with van der Waals surface area (Å²) in [5.74, 6) is 1.20. The number of ether oxygens (including phenoxy) is 2. The van der Waals surface area contributed by atoms with Crippen molar-refractivity contribution in [2.24, 2.45) is 17.3 Å². The normalized spacial score (nSPS) is 25.1. The van der Waals surface area contributed by atoms with Crippen molar-refractivity contribution in [1.29, 1.82) is 0 Å². The van der Waals surface area contributed by atoms with Crippen LogP contribution in [0, 0.1) is 17.3 Å². The van der Waals surface area contributed by atoms with Gasteiger partial charge in [-0.15, -0.1) is 0 Å². The number of carbonyl (C=O) groups is 3. The van der Waals surface area contributed by atoms with Crippen LogP contribution in [0.1, 0.15) is 78.7 Å². The van der Waals surface area contributed by atoms with Gasteiger partial charge in [-0.05, 0) is 68.1 Å². The third-order valence-corrected chi connectivity index (χ3v) is 9.45. The zero-order chi connectivity index (χ0) is 31.0. The largest absolute Gasteiger partial charge is 0.482 e. The van der Waals surface area contributed by atoms with E-state index < -0.39 is 0 Å². The van der Waals surface area contributed by atoms with Gasteiger partial charge in [0.1, 0.15) is 5.75 Å². The summed E-state index contributed by atoms with van der Waals surface area (Å²) in [6, 6.07) is 8.14. The van der Waals surface area contributed by atoms with Crippen LogP contribution in [0.2, 0.25) is 0 Å². The van der Waals surface area contributed by atoms with Crippen molar-refractivity contribution in [3.63, 3.8) is 0 Å². The number of likely N-dealkylation sites (tertiary alicyclic amines) is 1. The van der Waals surface area contributed by atoms with Gasteiger partial charge in [0.15, 0.2) is 6.61 Å². The first-order chi connectivity index (χ1) is 20.5. The molecule has 3 aliphatic rings. The minimum Gasteiger partial charge on any atom is -0.482 e. The molecule has 0 aromatic heterocycles. The zero-order valence-corrected chi connectivity index (χ0v) is 26.8. The van der Waals surface area contributed by atoms with Gasteiger partial charge in [-0.3, -0.25) is 9.59 Å². The summed E-state index contributed by atoms with van der Waals surface area (Å²) in [4.78, 5) is 41.5. The van der Waals surface area contributed by atoms with E-state index in [1.54, 1.807) is 13.8 Å². The van der Waals surface area contributed by atoms with Gasteiger partial charge in [0.25, 0.3) is 0 Å². The van der Waals surface area contributed by atoms with E-state index in [-0.39, 0.29) is 47.3 Å². The first-order valence-electron chi connectivity index (χ1n) is 16.1. The summed E-state index contributed by atoms with van der Waals surface area (Å²) < 4.78 is 10.7. The van der Waals surface area contributed by atoms with Gasteiger partial charge in [0.05, 0.1) is 12.1 Å². The molecule has 236 valence electrons. The number of hydrogen-bond acceptors (Lipinski definition) is 6. The van der Waals surface area contributed by atoms with E-state index in [0.717, 1.165) is 51.7 Å². The number of amides is 2. The first kappa shape index (κ1) is 32.8. The average molecular weight is 594 g/mol. The second-order valence-electron chi connectivity index (χ2n) is 13.4. The molecule has 0 bridgehead atoms. The fourth-order valence-corrected chi connectivity index (χ4v) is 6.97. The monoisotopic (exact) mass is 593 g/mol. The standard InChI is InChI=1S/C35H51N3O5/c1-6-42-33(41)25-43-30-15-13-29(14-16-30)35(28-11-8-7-9-12-28)19-10-20-38(31(24-36-35)34(3,4)5)32(40)23-27-17-21-37(22-18-27)26(2)39/h7-9,11,13-16,27-28,31,36H,6,10,12,17-25H2,1-5H3/t28?,31-,35+/m1/s1. The molecular weight excluding hydrogens is 542 g/mol. The molecule has 1 aromatic rings. The van der Waals surface area contributed by atoms with Crippen molar-refractivity contribution >= 4 is 17.8 Å². The average Bonchev–Trinajstić information content (AvgIpc) is 2.97. The summed E-state index contributed by atoms with van der Waals surface area (Å²) in [5, 5.41) is 4.03. The van der Waals surface area contributed by atoms with Crippen molar-refractivity contribution in [2.45, 2.75) is 84.7 Å². The van der Waals surface area contributed by atoms with Crippen LogP contribution in [0.4, 0.5) is 0 Å². The Morgan fingerprint density at radius 1 is 1.05 bits per heavy atom. The van der Waals surface area contributed by atoms with Gasteiger partial charge in [0.2, 0.25) is 11.8 Å². The maximum atomic E-state index is 13.9. The Labute approximate surface area is 257 Å². The minimum atomic E-state index is -0.377. The number of rotatable bonds is 8. The second kappa shape index (κ2) is 14.6. The number of benzene rings is 1. The summed E-state index contributed by atoms with van der Waals surface area (Å²) >= 11 is 0. The molecule has 1 aliphatic carbocycles. The highest BCUT2D eigenvalue weighted by molar-refractivity contribution is 5.77. The molecule has 1 unspecified atom stereocenters. The number of esters is 1. The smallest absolute Gasteiger partial charge is 0.344 e. The molecule has 8 heteroatoms. The Kier molecular flexibility index (Phi) is 11.1. The van der Waals surface area contributed by atoms with E-state index in [9.17, 15) is 14.4 Å². The number of hydrogen-bond donors (Lipinski definition) is 1. The van der Waals surface area contributed by atoms with Crippen LogP contribution in [0.5, 0.6) is 5.75 Å². The van der Waals surface area contributed by atoms with Gasteiger partial charge < -0.3 is 24.6 Å². The lowest BCUT2D eigenvalue weighted by atomic mass is 9.71. The molecule has 2 amide bonds. The lowest BCUT2D eigenvalue weighted by Crippen LogP contribution is -2.60. The Morgan fingerprint density at radius 2 is 1.77 bits per heavy atom. The highest BCUT2D eigenvalue weighted by atomic mass is 16.6. The molecule has 2 heterocycles. The van der Waals surface area contributed by atoms with Gasteiger partial charge in [-0.2, -0.15) is 0 Å². The first-order valence-corrected chi connectivity index (χ1v) is 16.1. The maximum Gasteiger partial charge on any atom is 0.344 e. The fourth-order valence-electron chi connectivity index (χ4n) is 6.97. The van der Waals surface area contributed by atoms with Gasteiger partial charge in [0, 0.05) is 51.5 Å². The molecule has 2 saturated heterocycles. The van der Waals surface area contributed by atoms with E-state index in [1.165, 1.54) is 5.56 Å². The summed E-state index contributed by atoms with van der Waals surface area (Å²) in [7, 11) is 0. The van der Waals surface area contributed by atoms with Crippen molar-refractivity contribution < 1.29 is 23.9 Å². The van der Waals surface area contributed by atoms with Crippen LogP contribution in [0.25, 0.3) is 0 Å². The Morgan fingerprint density at radius 3 is 2.37 bits per heavy atom. The molecule has 3 atom stereocenters. The van der Waals surface area contributed by atoms with E-state index in [2.05, 4.69) is 67.4 Å². The van der Waals surface area contributed by atoms with Crippen molar-refractivity contribution in [3.8, 4) is 5.75 Å². The molecule has 2 aliphatic heterocycles. The van der Waals surface area contributed by atoms with Crippen molar-refractivity contribution in [2.75, 3.05) is 39.4 Å². The quantitative estimate of drug-likeness (QED) is 0.416. The third kappa shape index (κ3) is 8.28. The SMILES string of the molecule is CCOC(=O)COc1ccc([C@@]2(C3C=CC=CC3)CCCN(C(=O)CC3CCN(C(C)=O)CC3)[C@@H](C(C)(C)C)CN2)cc1. The van der Waals surface area contributed by atoms with Crippen LogP contribution >= 0.6 is 0 Å². The fraction of sp³-hybridized carbons (Fsp3) is 0.629. The summed E-state index contributed by atoms with van der Waals surface area (Å²) in [6.45, 7) is 13.2. The van der Waals surface area contributed by atoms with Crippen LogP contribution in [-0.2, 0) is 24.7 Å². The van der Waals surface area contributed by atoms with Crippen LogP contribution in [0.15, 0.2) is 48.6 Å². The Bertz CT molecular complexity index is 1160. The molecule has 1 aromatic carbocycles. The van der Waals surface area contributed by atoms with Crippen LogP contribution in [-0.4, -0.2) is 73.0 Å². The van der Waals surface area contributed by atoms with Crippen LogP contribution < -0.4 is 10.1 Å². The number of piperidine rings is 1. The highest BCUT2D eigenvalue weighted by Gasteiger charge is 2.43. The Hall–Kier alpha value is -3.13. The molecule has 0 saturated carbocycles. The molecule has 1 N–H and O–H groups in total. The van der Waals surface area contributed by atoms with Crippen LogP contribution in [0.3, 0.4) is 0 Å². The van der Waals surface area contributed by atoms with Gasteiger partial charge in [-0.25, -0.2) is 4.79 Å². The number of carbonyl (C=O) groups excluding carboxylic acids is 3. The van der Waals surface area contributed by atoms with Crippen molar-refractivity contribution in [1.82, 2.24) is 15.1 Å². The molecular formula is C35H51N3O5. The summed E-state index contributed by atoms with van der Waals surface area (Å²) in [5.41, 5.74) is 0.765. The van der Waals surface area contributed by atoms with E-state index in [4.69, 9.17) is 9.47 Å². The number of nitrogens with one attached hydrogen (secondary N) is 1. The predicted octanol–water partition coefficient (Wildman–Crippen LogP) is 5.23. The van der Waals surface area contributed by atoms with E-state index in [0.29, 0.717) is 31.2 Å². The van der Waals surface area contributed by atoms with E-state index >= 15 is 0 Å². The molecule has 2 fully saturated rings. The van der Waals surface area contributed by atoms with E-state index in [1.807, 2.05) is 17.0 Å². The summed E-state index contributed by atoms with van der Waals surface area (Å²) in [6.07, 6.45) is 13.8. The van der Waals surface area contributed by atoms with Gasteiger partial charge >= 0.3 is 5.97 Å². The highest BCUT2D eigenvalue weighted by Crippen LogP contribution is 2.41. The minimum absolute atomic E-state index is 0.0345. The lowest BCUT2D eigenvalue weighted by molar-refractivity contribution is -0.145. The second-order valence-corrected chi connectivity index (χ2v) is 13.4. The third-order valence-electron chi connectivity index (χ3n) is 9.45. The molecule has 0 radical (unpaired) electrons. The topological polar surface area (TPSA) is 88.2 Å². The molecule has 8 nitrogen and oxygen atoms in total. The molecule has 4 rings (SSSR count). The number of allylic oxidation sites excluding steroid dienone is 3. The molecule has 43 heavy (non-hydrogen) atoms. The number of nitrogens with zero attached hydrogens (tertiary/aromatic N) is 2. The zero-order valence-electron chi connectivity index (χ0n) is 26.8. The lowest BCUT2D eigenvalue weighted by Gasteiger charge is -2.49. The van der Waals surface area contributed by atoms with Gasteiger partial charge in [-0.1, -0.05) is 57.2 Å². The van der Waals surface area contributed by atoms with Crippen molar-refractivity contribution in [3.05, 3.63) is 54.1 Å². The molecule has 0 spiro atoms.